The van der Waals surface area contributed by atoms with Crippen LogP contribution in [0.1, 0.15) is 33.6 Å². The monoisotopic (exact) mass is 153 g/mol. The Kier molecular flexibility index (Phi) is 7.29. The third-order valence-electron chi connectivity index (χ3n) is 1.24. The minimum atomic E-state index is 0.515. The number of rotatable bonds is 4. The molecule has 0 fully saturated rings. The highest BCUT2D eigenvalue weighted by atomic mass is 14.8. The van der Waals surface area contributed by atoms with Gasteiger partial charge in [-0.05, 0) is 13.0 Å². The van der Waals surface area contributed by atoms with Crippen LogP contribution in [-0.2, 0) is 0 Å². The van der Waals surface area contributed by atoms with E-state index in [4.69, 9.17) is 0 Å². The largest absolute Gasteiger partial charge is 0.316 e. The molecule has 0 aliphatic heterocycles. The normalized spacial score (nSPS) is 9.45. The first-order chi connectivity index (χ1) is 5.27. The molecule has 0 atom stereocenters. The van der Waals surface area contributed by atoms with Gasteiger partial charge in [-0.3, -0.25) is 0 Å². The maximum atomic E-state index is 3.31. The van der Waals surface area contributed by atoms with E-state index in [1.807, 2.05) is 0 Å². The van der Waals surface area contributed by atoms with Crippen molar-refractivity contribution in [1.29, 1.82) is 0 Å². The highest BCUT2D eigenvalue weighted by Gasteiger charge is 1.82. The van der Waals surface area contributed by atoms with Gasteiger partial charge in [0.2, 0.25) is 0 Å². The first-order valence-electron chi connectivity index (χ1n) is 4.46. The molecule has 0 amide bonds. The third kappa shape index (κ3) is 9.52. The van der Waals surface area contributed by atoms with Crippen LogP contribution < -0.4 is 5.32 Å². The Morgan fingerprint density at radius 1 is 1.27 bits per heavy atom. The summed E-state index contributed by atoms with van der Waals surface area (Å²) in [6.07, 6.45) is 2.19. The molecule has 0 saturated carbocycles. The molecule has 0 radical (unpaired) electrons. The average Bonchev–Trinajstić information content (AvgIpc) is 1.96. The van der Waals surface area contributed by atoms with Gasteiger partial charge in [0, 0.05) is 18.9 Å². The average molecular weight is 153 g/mol. The van der Waals surface area contributed by atoms with Gasteiger partial charge in [0.1, 0.15) is 0 Å². The van der Waals surface area contributed by atoms with Crippen molar-refractivity contribution >= 4 is 0 Å². The Hall–Kier alpha value is -0.480. The lowest BCUT2D eigenvalue weighted by Crippen LogP contribution is -2.15. The van der Waals surface area contributed by atoms with Gasteiger partial charge in [-0.2, -0.15) is 0 Å². The van der Waals surface area contributed by atoms with Crippen LogP contribution >= 0.6 is 0 Å². The third-order valence-corrected chi connectivity index (χ3v) is 1.24. The molecule has 0 unspecified atom stereocenters. The molecule has 1 nitrogen and oxygen atoms in total. The molecule has 0 spiro atoms. The van der Waals surface area contributed by atoms with E-state index in [-0.39, 0.29) is 0 Å². The quantitative estimate of drug-likeness (QED) is 0.481. The summed E-state index contributed by atoms with van der Waals surface area (Å²) in [5, 5.41) is 3.31. The zero-order valence-corrected chi connectivity index (χ0v) is 7.91. The van der Waals surface area contributed by atoms with Gasteiger partial charge < -0.3 is 5.32 Å². The molecular formula is C10H19N. The lowest BCUT2D eigenvalue weighted by atomic mass is 10.2. The molecular weight excluding hydrogens is 134 g/mol. The summed E-state index contributed by atoms with van der Waals surface area (Å²) < 4.78 is 0. The number of hydrogen-bond donors (Lipinski definition) is 1. The Morgan fingerprint density at radius 2 is 2.00 bits per heavy atom. The van der Waals surface area contributed by atoms with Gasteiger partial charge in [0.25, 0.3) is 0 Å². The summed E-state index contributed by atoms with van der Waals surface area (Å²) >= 11 is 0. The molecule has 0 bridgehead atoms. The molecule has 11 heavy (non-hydrogen) atoms. The second-order valence-electron chi connectivity index (χ2n) is 2.98. The number of hydrogen-bond acceptors (Lipinski definition) is 1. The van der Waals surface area contributed by atoms with Crippen LogP contribution in [0.3, 0.4) is 0 Å². The van der Waals surface area contributed by atoms with Crippen LogP contribution in [0.2, 0.25) is 0 Å². The zero-order chi connectivity index (χ0) is 8.53. The summed E-state index contributed by atoms with van der Waals surface area (Å²) in [5.41, 5.74) is 0. The van der Waals surface area contributed by atoms with Gasteiger partial charge in [-0.25, -0.2) is 0 Å². The van der Waals surface area contributed by atoms with E-state index in [2.05, 4.69) is 37.9 Å². The first-order valence-corrected chi connectivity index (χ1v) is 4.46. The lowest BCUT2D eigenvalue weighted by molar-refractivity contribution is 0.682. The minimum absolute atomic E-state index is 0.515. The Morgan fingerprint density at radius 3 is 2.55 bits per heavy atom. The van der Waals surface area contributed by atoms with Crippen LogP contribution in [0.5, 0.6) is 0 Å². The van der Waals surface area contributed by atoms with Gasteiger partial charge in [-0.1, -0.05) is 20.8 Å². The van der Waals surface area contributed by atoms with Gasteiger partial charge in [0.15, 0.2) is 0 Å². The Bertz CT molecular complexity index is 128. The molecule has 64 valence electrons. The van der Waals surface area contributed by atoms with Crippen molar-refractivity contribution in [2.24, 2.45) is 5.92 Å². The van der Waals surface area contributed by atoms with E-state index in [1.54, 1.807) is 0 Å². The van der Waals surface area contributed by atoms with Crippen molar-refractivity contribution in [2.75, 3.05) is 13.1 Å². The lowest BCUT2D eigenvalue weighted by Gasteiger charge is -1.96. The fourth-order valence-electron chi connectivity index (χ4n) is 0.729. The summed E-state index contributed by atoms with van der Waals surface area (Å²) in [4.78, 5) is 0. The van der Waals surface area contributed by atoms with E-state index in [1.165, 1.54) is 6.42 Å². The van der Waals surface area contributed by atoms with Gasteiger partial charge >= 0.3 is 0 Å². The molecule has 0 saturated heterocycles. The molecule has 0 rings (SSSR count). The molecule has 0 aromatic rings. The van der Waals surface area contributed by atoms with Crippen molar-refractivity contribution in [3.63, 3.8) is 0 Å². The first kappa shape index (κ1) is 10.5. The van der Waals surface area contributed by atoms with Crippen LogP contribution in [0.4, 0.5) is 0 Å². The van der Waals surface area contributed by atoms with Crippen molar-refractivity contribution in [1.82, 2.24) is 5.32 Å². The van der Waals surface area contributed by atoms with Crippen LogP contribution in [0, 0.1) is 17.8 Å². The van der Waals surface area contributed by atoms with Gasteiger partial charge in [0.05, 0.1) is 0 Å². The van der Waals surface area contributed by atoms with Crippen LogP contribution in [0.25, 0.3) is 0 Å². The van der Waals surface area contributed by atoms with Crippen LogP contribution in [-0.4, -0.2) is 13.1 Å². The second-order valence-corrected chi connectivity index (χ2v) is 2.98. The maximum Gasteiger partial charge on any atom is 0.0214 e. The highest BCUT2D eigenvalue weighted by molar-refractivity contribution is 5.01. The Labute approximate surface area is 70.6 Å². The van der Waals surface area contributed by atoms with Gasteiger partial charge in [-0.15, -0.1) is 11.8 Å². The predicted molar refractivity (Wildman–Crippen MR) is 50.4 cm³/mol. The smallest absolute Gasteiger partial charge is 0.0214 e. The highest BCUT2D eigenvalue weighted by Crippen LogP contribution is 1.86. The molecule has 0 aliphatic rings. The van der Waals surface area contributed by atoms with Crippen molar-refractivity contribution < 1.29 is 0 Å². The zero-order valence-electron chi connectivity index (χ0n) is 7.91. The standard InChI is InChI=1S/C10H19N/c1-4-8-11-9-6-5-7-10(2)3/h10-11H,4,6,8-9H2,1-3H3. The van der Waals surface area contributed by atoms with E-state index in [0.29, 0.717) is 5.92 Å². The fraction of sp³-hybridized carbons (Fsp3) is 0.800. The van der Waals surface area contributed by atoms with Crippen LogP contribution in [0.15, 0.2) is 0 Å². The summed E-state index contributed by atoms with van der Waals surface area (Å²) in [6, 6.07) is 0. The molecule has 0 heterocycles. The van der Waals surface area contributed by atoms with E-state index < -0.39 is 0 Å². The molecule has 0 aromatic heterocycles. The van der Waals surface area contributed by atoms with Crippen molar-refractivity contribution in [3.05, 3.63) is 0 Å². The van der Waals surface area contributed by atoms with Crippen molar-refractivity contribution in [2.45, 2.75) is 33.6 Å². The molecule has 1 N–H and O–H groups in total. The second kappa shape index (κ2) is 7.63. The van der Waals surface area contributed by atoms with E-state index in [9.17, 15) is 0 Å². The topological polar surface area (TPSA) is 12.0 Å². The maximum absolute atomic E-state index is 3.31. The molecule has 1 heteroatoms. The Balaban J connectivity index is 3.09. The van der Waals surface area contributed by atoms with E-state index >= 15 is 0 Å². The summed E-state index contributed by atoms with van der Waals surface area (Å²) in [6.45, 7) is 8.56. The SMILES string of the molecule is CCCNCCC#CC(C)C. The predicted octanol–water partition coefficient (Wildman–Crippen LogP) is 2.04. The summed E-state index contributed by atoms with van der Waals surface area (Å²) in [5.74, 6) is 6.78. The molecule has 0 aliphatic carbocycles. The fourth-order valence-corrected chi connectivity index (χ4v) is 0.729. The summed E-state index contributed by atoms with van der Waals surface area (Å²) in [7, 11) is 0. The minimum Gasteiger partial charge on any atom is -0.316 e. The molecule has 0 aromatic carbocycles. The van der Waals surface area contributed by atoms with E-state index in [0.717, 1.165) is 19.5 Å². The van der Waals surface area contributed by atoms with Crippen molar-refractivity contribution in [3.8, 4) is 11.8 Å². The number of nitrogens with one attached hydrogen (secondary N) is 1.